The monoisotopic (exact) mass is 270 g/mol. The minimum absolute atomic E-state index is 0.131. The molecule has 20 heavy (non-hydrogen) atoms. The molecule has 0 bridgehead atoms. The highest BCUT2D eigenvalue weighted by Crippen LogP contribution is 2.39. The zero-order valence-corrected chi connectivity index (χ0v) is 12.2. The molecule has 0 radical (unpaired) electrons. The fourth-order valence-corrected chi connectivity index (χ4v) is 2.30. The van der Waals surface area contributed by atoms with Crippen molar-refractivity contribution in [2.24, 2.45) is 10.8 Å². The molecule has 1 heterocycles. The average molecular weight is 270 g/mol. The Morgan fingerprint density at radius 1 is 1.05 bits per heavy atom. The predicted molar refractivity (Wildman–Crippen MR) is 75.8 cm³/mol. The Hall–Kier alpha value is -2.08. The van der Waals surface area contributed by atoms with Gasteiger partial charge in [0.15, 0.2) is 11.9 Å². The van der Waals surface area contributed by atoms with Crippen LogP contribution in [0.25, 0.3) is 0 Å². The number of hydrogen-bond acceptors (Lipinski definition) is 3. The van der Waals surface area contributed by atoms with Crippen LogP contribution in [0.3, 0.4) is 0 Å². The summed E-state index contributed by atoms with van der Waals surface area (Å²) in [5.41, 5.74) is -1.08. The molecule has 104 valence electrons. The zero-order chi connectivity index (χ0) is 15.0. The first-order chi connectivity index (χ1) is 9.26. The van der Waals surface area contributed by atoms with Gasteiger partial charge >= 0.3 is 5.97 Å². The average Bonchev–Trinajstić information content (AvgIpc) is 2.41. The fourth-order valence-electron chi connectivity index (χ4n) is 2.30. The molecular formula is C17H18O3. The van der Waals surface area contributed by atoms with Crippen molar-refractivity contribution in [3.8, 4) is 11.8 Å². The smallest absolute Gasteiger partial charge is 0.320 e. The van der Waals surface area contributed by atoms with Crippen LogP contribution in [0.4, 0.5) is 0 Å². The number of cyclic esters (lactones) is 1. The maximum atomic E-state index is 12.4. The van der Waals surface area contributed by atoms with Crippen LogP contribution in [0.15, 0.2) is 30.3 Å². The third-order valence-electron chi connectivity index (χ3n) is 3.66. The van der Waals surface area contributed by atoms with Gasteiger partial charge in [-0.1, -0.05) is 30.0 Å². The van der Waals surface area contributed by atoms with Crippen LogP contribution in [0.5, 0.6) is 0 Å². The Morgan fingerprint density at radius 2 is 1.65 bits per heavy atom. The SMILES string of the molecule is CC1(C)C(=O)OC(C#Cc2ccccc2)C(C)(C)C1=O. The van der Waals surface area contributed by atoms with Gasteiger partial charge in [-0.25, -0.2) is 0 Å². The lowest BCUT2D eigenvalue weighted by molar-refractivity contribution is -0.180. The number of carbonyl (C=O) groups excluding carboxylic acids is 2. The number of Topliss-reactive ketones (excluding diaryl/α,β-unsaturated/α-hetero) is 1. The van der Waals surface area contributed by atoms with E-state index < -0.39 is 22.9 Å². The predicted octanol–water partition coefficient (Wildman–Crippen LogP) is 2.59. The van der Waals surface area contributed by atoms with Crippen molar-refractivity contribution in [1.29, 1.82) is 0 Å². The first-order valence-corrected chi connectivity index (χ1v) is 6.59. The first kappa shape index (κ1) is 14.3. The third-order valence-corrected chi connectivity index (χ3v) is 3.66. The van der Waals surface area contributed by atoms with E-state index in [0.717, 1.165) is 5.56 Å². The Morgan fingerprint density at radius 3 is 2.25 bits per heavy atom. The number of hydrogen-bond donors (Lipinski definition) is 0. The largest absolute Gasteiger partial charge is 0.447 e. The molecule has 0 saturated carbocycles. The van der Waals surface area contributed by atoms with Gasteiger partial charge in [-0.3, -0.25) is 9.59 Å². The van der Waals surface area contributed by atoms with Gasteiger partial charge in [-0.05, 0) is 39.8 Å². The van der Waals surface area contributed by atoms with E-state index in [2.05, 4.69) is 11.8 Å². The Balaban J connectivity index is 2.32. The fraction of sp³-hybridized carbons (Fsp3) is 0.412. The second-order valence-electron chi connectivity index (χ2n) is 6.10. The molecule has 3 heteroatoms. The quantitative estimate of drug-likeness (QED) is 0.413. The van der Waals surface area contributed by atoms with Gasteiger partial charge in [-0.15, -0.1) is 0 Å². The summed E-state index contributed by atoms with van der Waals surface area (Å²) in [6.45, 7) is 6.74. The summed E-state index contributed by atoms with van der Waals surface area (Å²) in [6, 6.07) is 9.42. The van der Waals surface area contributed by atoms with Gasteiger partial charge in [0, 0.05) is 5.56 Å². The molecule has 1 saturated heterocycles. The normalized spacial score (nSPS) is 23.5. The van der Waals surface area contributed by atoms with Crippen molar-refractivity contribution in [3.05, 3.63) is 35.9 Å². The van der Waals surface area contributed by atoms with Crippen molar-refractivity contribution in [2.45, 2.75) is 33.8 Å². The van der Waals surface area contributed by atoms with E-state index in [4.69, 9.17) is 4.74 Å². The summed E-state index contributed by atoms with van der Waals surface area (Å²) >= 11 is 0. The van der Waals surface area contributed by atoms with Crippen molar-refractivity contribution in [3.63, 3.8) is 0 Å². The molecule has 1 aliphatic rings. The number of ketones is 1. The van der Waals surface area contributed by atoms with E-state index in [1.54, 1.807) is 27.7 Å². The molecule has 0 amide bonds. The highest BCUT2D eigenvalue weighted by molar-refractivity contribution is 6.07. The van der Waals surface area contributed by atoms with Crippen LogP contribution in [-0.2, 0) is 14.3 Å². The maximum absolute atomic E-state index is 12.4. The van der Waals surface area contributed by atoms with Crippen molar-refractivity contribution < 1.29 is 14.3 Å². The standard InChI is InChI=1S/C17H18O3/c1-16(2)13(11-10-12-8-6-5-7-9-12)20-15(19)17(3,4)14(16)18/h5-9,13H,1-4H3. The van der Waals surface area contributed by atoms with Gasteiger partial charge in [0.2, 0.25) is 0 Å². The topological polar surface area (TPSA) is 43.4 Å². The molecule has 0 aromatic heterocycles. The van der Waals surface area contributed by atoms with Crippen LogP contribution in [0.1, 0.15) is 33.3 Å². The van der Waals surface area contributed by atoms with Crippen LogP contribution >= 0.6 is 0 Å². The van der Waals surface area contributed by atoms with Crippen LogP contribution in [0, 0.1) is 22.7 Å². The number of carbonyl (C=O) groups is 2. The summed E-state index contributed by atoms with van der Waals surface area (Å²) in [4.78, 5) is 24.4. The summed E-state index contributed by atoms with van der Waals surface area (Å²) < 4.78 is 5.38. The highest BCUT2D eigenvalue weighted by atomic mass is 16.5. The summed E-state index contributed by atoms with van der Waals surface area (Å²) in [5.74, 6) is 5.24. The molecule has 0 N–H and O–H groups in total. The second kappa shape index (κ2) is 4.79. The molecule has 1 aromatic rings. The first-order valence-electron chi connectivity index (χ1n) is 6.59. The van der Waals surface area contributed by atoms with Gasteiger partial charge in [0.25, 0.3) is 0 Å². The minimum atomic E-state index is -1.10. The van der Waals surface area contributed by atoms with Crippen LogP contribution < -0.4 is 0 Å². The van der Waals surface area contributed by atoms with Crippen LogP contribution in [-0.4, -0.2) is 17.9 Å². The molecule has 0 spiro atoms. The van der Waals surface area contributed by atoms with E-state index in [-0.39, 0.29) is 5.78 Å². The number of esters is 1. The summed E-state index contributed by atoms with van der Waals surface area (Å²) in [6.07, 6.45) is -0.712. The third kappa shape index (κ3) is 2.34. The van der Waals surface area contributed by atoms with E-state index in [1.165, 1.54) is 0 Å². The minimum Gasteiger partial charge on any atom is -0.447 e. The molecule has 3 nitrogen and oxygen atoms in total. The molecule has 0 aliphatic carbocycles. The van der Waals surface area contributed by atoms with E-state index in [9.17, 15) is 9.59 Å². The molecule has 1 fully saturated rings. The number of rotatable bonds is 0. The number of benzene rings is 1. The van der Waals surface area contributed by atoms with Gasteiger partial charge < -0.3 is 4.74 Å². The van der Waals surface area contributed by atoms with Gasteiger partial charge in [0.1, 0.15) is 5.41 Å². The van der Waals surface area contributed by atoms with Crippen molar-refractivity contribution in [2.75, 3.05) is 0 Å². The molecular weight excluding hydrogens is 252 g/mol. The highest BCUT2D eigenvalue weighted by Gasteiger charge is 2.54. The van der Waals surface area contributed by atoms with E-state index >= 15 is 0 Å². The lowest BCUT2D eigenvalue weighted by atomic mass is 9.68. The maximum Gasteiger partial charge on any atom is 0.320 e. The Labute approximate surface area is 119 Å². The lowest BCUT2D eigenvalue weighted by Crippen LogP contribution is -2.55. The summed E-state index contributed by atoms with van der Waals surface area (Å²) in [5, 5.41) is 0. The molecule has 2 rings (SSSR count). The van der Waals surface area contributed by atoms with Crippen molar-refractivity contribution >= 4 is 11.8 Å². The molecule has 1 aromatic carbocycles. The van der Waals surface area contributed by atoms with Gasteiger partial charge in [-0.2, -0.15) is 0 Å². The number of ether oxygens (including phenoxy) is 1. The van der Waals surface area contributed by atoms with E-state index in [1.807, 2.05) is 30.3 Å². The zero-order valence-electron chi connectivity index (χ0n) is 12.2. The van der Waals surface area contributed by atoms with E-state index in [0.29, 0.717) is 0 Å². The summed E-state index contributed by atoms with van der Waals surface area (Å²) in [7, 11) is 0. The Kier molecular flexibility index (Phi) is 3.43. The molecule has 1 aliphatic heterocycles. The van der Waals surface area contributed by atoms with Gasteiger partial charge in [0.05, 0.1) is 5.41 Å². The lowest BCUT2D eigenvalue weighted by Gasteiger charge is -2.40. The van der Waals surface area contributed by atoms with Crippen molar-refractivity contribution in [1.82, 2.24) is 0 Å². The van der Waals surface area contributed by atoms with Crippen LogP contribution in [0.2, 0.25) is 0 Å². The Bertz CT molecular complexity index is 600. The molecule has 1 unspecified atom stereocenters. The molecule has 1 atom stereocenters. The second-order valence-corrected chi connectivity index (χ2v) is 6.10.